The molecule has 1 N–H and O–H groups in total. The van der Waals surface area contributed by atoms with Gasteiger partial charge in [-0.05, 0) is 12.3 Å². The molecule has 0 saturated carbocycles. The van der Waals surface area contributed by atoms with E-state index in [1.807, 2.05) is 0 Å². The third kappa shape index (κ3) is 5.24. The normalized spacial score (nSPS) is 11.9. The molecule has 0 aliphatic heterocycles. The first-order valence-electron chi connectivity index (χ1n) is 6.85. The summed E-state index contributed by atoms with van der Waals surface area (Å²) in [5, 5.41) is 3.24. The number of aromatic nitrogens is 2. The number of nitrogens with zero attached hydrogens (tertiary/aromatic N) is 2. The summed E-state index contributed by atoms with van der Waals surface area (Å²) in [6, 6.07) is 0. The third-order valence-corrected chi connectivity index (χ3v) is 3.14. The molecule has 0 amide bonds. The second-order valence-corrected chi connectivity index (χ2v) is 4.58. The first kappa shape index (κ1) is 15.4. The molecule has 1 aromatic rings. The number of rotatable bonds is 8. The van der Waals surface area contributed by atoms with Crippen LogP contribution in [0, 0.1) is 5.92 Å². The Kier molecular flexibility index (Phi) is 6.85. The minimum atomic E-state index is -0.464. The van der Waals surface area contributed by atoms with Crippen LogP contribution in [0.2, 0.25) is 0 Å². The van der Waals surface area contributed by atoms with Crippen LogP contribution < -0.4 is 5.32 Å². The molecule has 0 fully saturated rings. The van der Waals surface area contributed by atoms with Crippen LogP contribution in [-0.4, -0.2) is 29.6 Å². The lowest BCUT2D eigenvalue weighted by Crippen LogP contribution is -2.15. The van der Waals surface area contributed by atoms with E-state index in [2.05, 4.69) is 33.9 Å². The van der Waals surface area contributed by atoms with Crippen molar-refractivity contribution in [3.63, 3.8) is 0 Å². The minimum absolute atomic E-state index is 0.231. The number of nitrogens with one attached hydrogen (secondary N) is 1. The first-order chi connectivity index (χ1) is 9.21. The molecule has 1 aromatic heterocycles. The summed E-state index contributed by atoms with van der Waals surface area (Å²) < 4.78 is 4.62. The molecule has 0 aromatic carbocycles. The average Bonchev–Trinajstić information content (AvgIpc) is 2.47. The van der Waals surface area contributed by atoms with Gasteiger partial charge in [0.1, 0.15) is 5.82 Å². The van der Waals surface area contributed by atoms with Gasteiger partial charge in [-0.2, -0.15) is 0 Å². The molecule has 5 nitrogen and oxygen atoms in total. The molecular weight excluding hydrogens is 242 g/mol. The minimum Gasteiger partial charge on any atom is -0.464 e. The summed E-state index contributed by atoms with van der Waals surface area (Å²) in [6.07, 6.45) is 7.84. The molecule has 0 spiro atoms. The maximum Gasteiger partial charge on any atom is 0.358 e. The van der Waals surface area contributed by atoms with Crippen LogP contribution in [-0.2, 0) is 4.74 Å². The Morgan fingerprint density at radius 1 is 1.42 bits per heavy atom. The highest BCUT2D eigenvalue weighted by atomic mass is 16.5. The predicted molar refractivity (Wildman–Crippen MR) is 75.2 cm³/mol. The summed E-state index contributed by atoms with van der Waals surface area (Å²) >= 11 is 0. The number of ether oxygens (including phenoxy) is 1. The fourth-order valence-corrected chi connectivity index (χ4v) is 1.85. The van der Waals surface area contributed by atoms with Gasteiger partial charge in [0, 0.05) is 6.54 Å². The summed E-state index contributed by atoms with van der Waals surface area (Å²) in [6.45, 7) is 5.25. The zero-order valence-corrected chi connectivity index (χ0v) is 12.0. The van der Waals surface area contributed by atoms with E-state index in [4.69, 9.17) is 0 Å². The van der Waals surface area contributed by atoms with Crippen LogP contribution in [0.1, 0.15) is 50.0 Å². The lowest BCUT2D eigenvalue weighted by atomic mass is 9.99. The molecule has 1 atom stereocenters. The topological polar surface area (TPSA) is 64.1 Å². The zero-order chi connectivity index (χ0) is 14.1. The number of esters is 1. The molecule has 0 saturated heterocycles. The van der Waals surface area contributed by atoms with Crippen LogP contribution in [0.4, 0.5) is 5.82 Å². The lowest BCUT2D eigenvalue weighted by Gasteiger charge is -2.15. The number of anilines is 1. The number of hydrogen-bond acceptors (Lipinski definition) is 5. The van der Waals surface area contributed by atoms with E-state index < -0.39 is 5.97 Å². The molecule has 1 unspecified atom stereocenters. The number of carbonyl (C=O) groups excluding carboxylic acids is 1. The molecule has 0 radical (unpaired) electrons. The van der Waals surface area contributed by atoms with Gasteiger partial charge in [-0.15, -0.1) is 0 Å². The highest BCUT2D eigenvalue weighted by molar-refractivity contribution is 5.87. The Hall–Kier alpha value is -1.65. The fraction of sp³-hybridized carbons (Fsp3) is 0.643. The van der Waals surface area contributed by atoms with E-state index in [1.165, 1.54) is 32.6 Å². The molecule has 1 heterocycles. The van der Waals surface area contributed by atoms with Crippen molar-refractivity contribution in [1.82, 2.24) is 9.97 Å². The van der Waals surface area contributed by atoms with Crippen molar-refractivity contribution >= 4 is 11.8 Å². The largest absolute Gasteiger partial charge is 0.464 e. The molecule has 0 aliphatic carbocycles. The van der Waals surface area contributed by atoms with Gasteiger partial charge in [0.15, 0.2) is 5.69 Å². The van der Waals surface area contributed by atoms with Crippen LogP contribution >= 0.6 is 0 Å². The quantitative estimate of drug-likeness (QED) is 0.732. The van der Waals surface area contributed by atoms with Crippen molar-refractivity contribution in [3.8, 4) is 0 Å². The number of methoxy groups -OCH3 is 1. The smallest absolute Gasteiger partial charge is 0.358 e. The van der Waals surface area contributed by atoms with E-state index >= 15 is 0 Å². The van der Waals surface area contributed by atoms with Crippen molar-refractivity contribution in [1.29, 1.82) is 0 Å². The van der Waals surface area contributed by atoms with E-state index in [-0.39, 0.29) is 5.69 Å². The Balaban J connectivity index is 2.54. The second kappa shape index (κ2) is 8.45. The monoisotopic (exact) mass is 265 g/mol. The van der Waals surface area contributed by atoms with E-state index in [9.17, 15) is 4.79 Å². The maximum atomic E-state index is 11.3. The summed E-state index contributed by atoms with van der Waals surface area (Å²) in [5.41, 5.74) is 0.231. The Morgan fingerprint density at radius 2 is 2.21 bits per heavy atom. The molecular formula is C14H23N3O2. The molecule has 5 heteroatoms. The summed E-state index contributed by atoms with van der Waals surface area (Å²) in [7, 11) is 1.34. The van der Waals surface area contributed by atoms with E-state index in [0.717, 1.165) is 13.0 Å². The predicted octanol–water partition coefficient (Wildman–Crippen LogP) is 2.89. The number of unbranched alkanes of at least 4 members (excludes halogenated alkanes) is 1. The first-order valence-corrected chi connectivity index (χ1v) is 6.85. The van der Waals surface area contributed by atoms with Crippen LogP contribution in [0.15, 0.2) is 12.4 Å². The average molecular weight is 265 g/mol. The fourth-order valence-electron chi connectivity index (χ4n) is 1.85. The Labute approximate surface area is 114 Å². The summed E-state index contributed by atoms with van der Waals surface area (Å²) in [5.74, 6) is 0.788. The van der Waals surface area contributed by atoms with Crippen LogP contribution in [0.25, 0.3) is 0 Å². The lowest BCUT2D eigenvalue weighted by molar-refractivity contribution is 0.0593. The highest BCUT2D eigenvalue weighted by Crippen LogP contribution is 2.13. The van der Waals surface area contributed by atoms with Crippen LogP contribution in [0.5, 0.6) is 0 Å². The van der Waals surface area contributed by atoms with Gasteiger partial charge in [0.2, 0.25) is 0 Å². The summed E-state index contributed by atoms with van der Waals surface area (Å²) in [4.78, 5) is 19.5. The van der Waals surface area contributed by atoms with Crippen molar-refractivity contribution in [3.05, 3.63) is 18.1 Å². The van der Waals surface area contributed by atoms with Gasteiger partial charge >= 0.3 is 5.97 Å². The Morgan fingerprint density at radius 3 is 2.84 bits per heavy atom. The van der Waals surface area contributed by atoms with Gasteiger partial charge in [0.25, 0.3) is 0 Å². The highest BCUT2D eigenvalue weighted by Gasteiger charge is 2.10. The standard InChI is InChI=1S/C14H23N3O2/c1-4-6-7-11(5-2)8-16-13-10-15-9-12(17-13)14(18)19-3/h9-11H,4-8H2,1-3H3,(H,16,17). The molecule has 19 heavy (non-hydrogen) atoms. The van der Waals surface area contributed by atoms with Gasteiger partial charge in [-0.25, -0.2) is 9.78 Å². The van der Waals surface area contributed by atoms with E-state index in [1.54, 1.807) is 6.20 Å². The molecule has 106 valence electrons. The third-order valence-electron chi connectivity index (χ3n) is 3.14. The van der Waals surface area contributed by atoms with Gasteiger partial charge in [0.05, 0.1) is 19.5 Å². The van der Waals surface area contributed by atoms with Gasteiger partial charge in [-0.1, -0.05) is 33.1 Å². The van der Waals surface area contributed by atoms with E-state index in [0.29, 0.717) is 11.7 Å². The number of carbonyl (C=O) groups is 1. The van der Waals surface area contributed by atoms with Gasteiger partial charge in [-0.3, -0.25) is 4.98 Å². The van der Waals surface area contributed by atoms with Gasteiger partial charge < -0.3 is 10.1 Å². The molecule has 0 aliphatic rings. The SMILES string of the molecule is CCCCC(CC)CNc1cncc(C(=O)OC)n1. The van der Waals surface area contributed by atoms with Crippen molar-refractivity contribution in [2.45, 2.75) is 39.5 Å². The van der Waals surface area contributed by atoms with Crippen molar-refractivity contribution < 1.29 is 9.53 Å². The molecule has 1 rings (SSSR count). The van der Waals surface area contributed by atoms with Crippen molar-refractivity contribution in [2.75, 3.05) is 19.0 Å². The molecule has 0 bridgehead atoms. The Bertz CT molecular complexity index is 396. The maximum absolute atomic E-state index is 11.3. The van der Waals surface area contributed by atoms with Crippen LogP contribution in [0.3, 0.4) is 0 Å². The number of hydrogen-bond donors (Lipinski definition) is 1. The second-order valence-electron chi connectivity index (χ2n) is 4.58. The zero-order valence-electron chi connectivity index (χ0n) is 12.0. The van der Waals surface area contributed by atoms with Crippen molar-refractivity contribution in [2.24, 2.45) is 5.92 Å².